The molecule has 1 atom stereocenters. The molecular formula is C4H9NaO4S. The van der Waals surface area contributed by atoms with Crippen LogP contribution in [0.15, 0.2) is 0 Å². The summed E-state index contributed by atoms with van der Waals surface area (Å²) < 4.78 is 29.7. The van der Waals surface area contributed by atoms with E-state index >= 15 is 0 Å². The van der Waals surface area contributed by atoms with E-state index in [1.807, 2.05) is 0 Å². The van der Waals surface area contributed by atoms with Gasteiger partial charge in [-0.15, -0.1) is 0 Å². The van der Waals surface area contributed by atoms with Gasteiger partial charge >= 0.3 is 29.6 Å². The summed E-state index contributed by atoms with van der Waals surface area (Å²) in [7, 11) is -4.46. The first-order valence-electron chi connectivity index (χ1n) is 2.61. The average Bonchev–Trinajstić information content (AvgIpc) is 1.64. The SMILES string of the molecule is CCCC(O)S(=O)(=O)[O-].[Na+]. The molecule has 0 rings (SSSR count). The summed E-state index contributed by atoms with van der Waals surface area (Å²) in [6.45, 7) is 1.69. The van der Waals surface area contributed by atoms with Crippen LogP contribution < -0.4 is 29.6 Å². The monoisotopic (exact) mass is 176 g/mol. The van der Waals surface area contributed by atoms with Gasteiger partial charge in [-0.1, -0.05) is 13.3 Å². The molecule has 0 aliphatic carbocycles. The van der Waals surface area contributed by atoms with Gasteiger partial charge < -0.3 is 9.66 Å². The molecular weight excluding hydrogens is 167 g/mol. The summed E-state index contributed by atoms with van der Waals surface area (Å²) in [6.07, 6.45) is 0.508. The topological polar surface area (TPSA) is 77.4 Å². The van der Waals surface area contributed by atoms with Crippen LogP contribution in [0.4, 0.5) is 0 Å². The minimum Gasteiger partial charge on any atom is -0.746 e. The smallest absolute Gasteiger partial charge is 0.746 e. The third kappa shape index (κ3) is 5.64. The van der Waals surface area contributed by atoms with Crippen LogP contribution in [-0.4, -0.2) is 23.5 Å². The second-order valence-electron chi connectivity index (χ2n) is 1.74. The number of aliphatic hydroxyl groups is 1. The molecule has 1 N–H and O–H groups in total. The molecule has 6 heteroatoms. The van der Waals surface area contributed by atoms with Gasteiger partial charge in [0, 0.05) is 0 Å². The van der Waals surface area contributed by atoms with Gasteiger partial charge in [0.15, 0.2) is 0 Å². The van der Waals surface area contributed by atoms with E-state index in [1.165, 1.54) is 0 Å². The van der Waals surface area contributed by atoms with Gasteiger partial charge in [0.05, 0.1) is 0 Å². The Balaban J connectivity index is 0. The zero-order valence-electron chi connectivity index (χ0n) is 6.07. The van der Waals surface area contributed by atoms with Crippen LogP contribution in [0.5, 0.6) is 0 Å². The Bertz CT molecular complexity index is 164. The molecule has 0 radical (unpaired) electrons. The van der Waals surface area contributed by atoms with Crippen molar-refractivity contribution in [3.8, 4) is 0 Å². The van der Waals surface area contributed by atoms with E-state index in [-0.39, 0.29) is 36.0 Å². The van der Waals surface area contributed by atoms with Gasteiger partial charge in [0.25, 0.3) is 0 Å². The predicted molar refractivity (Wildman–Crippen MR) is 30.6 cm³/mol. The van der Waals surface area contributed by atoms with Gasteiger partial charge in [0.2, 0.25) is 0 Å². The molecule has 0 aliphatic rings. The summed E-state index contributed by atoms with van der Waals surface area (Å²) in [5.41, 5.74) is -1.72. The average molecular weight is 176 g/mol. The maximum absolute atomic E-state index is 9.92. The maximum atomic E-state index is 9.92. The minimum absolute atomic E-state index is 0. The Morgan fingerprint density at radius 2 is 2.00 bits per heavy atom. The third-order valence-corrected chi connectivity index (χ3v) is 1.77. The van der Waals surface area contributed by atoms with Crippen LogP contribution in [0.2, 0.25) is 0 Å². The van der Waals surface area contributed by atoms with Crippen LogP contribution in [0, 0.1) is 0 Å². The molecule has 0 aromatic carbocycles. The first-order chi connectivity index (χ1) is 3.98. The maximum Gasteiger partial charge on any atom is 1.00 e. The zero-order valence-corrected chi connectivity index (χ0v) is 8.89. The summed E-state index contributed by atoms with van der Waals surface area (Å²) in [5, 5.41) is 8.49. The molecule has 0 bridgehead atoms. The van der Waals surface area contributed by atoms with Crippen molar-refractivity contribution in [1.82, 2.24) is 0 Å². The number of hydrogen-bond donors (Lipinski definition) is 1. The van der Waals surface area contributed by atoms with E-state index in [4.69, 9.17) is 5.11 Å². The number of aliphatic hydroxyl groups excluding tert-OH is 1. The van der Waals surface area contributed by atoms with Crippen molar-refractivity contribution in [2.75, 3.05) is 0 Å². The summed E-state index contributed by atoms with van der Waals surface area (Å²) in [5.74, 6) is 0. The Morgan fingerprint density at radius 3 is 2.10 bits per heavy atom. The first kappa shape index (κ1) is 13.5. The van der Waals surface area contributed by atoms with E-state index in [0.717, 1.165) is 0 Å². The fraction of sp³-hybridized carbons (Fsp3) is 1.00. The summed E-state index contributed by atoms with van der Waals surface area (Å²) in [4.78, 5) is 0. The predicted octanol–water partition coefficient (Wildman–Crippen LogP) is -3.35. The molecule has 10 heavy (non-hydrogen) atoms. The van der Waals surface area contributed by atoms with E-state index in [1.54, 1.807) is 6.92 Å². The van der Waals surface area contributed by atoms with E-state index in [9.17, 15) is 13.0 Å². The van der Waals surface area contributed by atoms with E-state index < -0.39 is 15.6 Å². The molecule has 0 saturated carbocycles. The quantitative estimate of drug-likeness (QED) is 0.360. The van der Waals surface area contributed by atoms with Crippen LogP contribution in [-0.2, 0) is 10.1 Å². The van der Waals surface area contributed by atoms with Gasteiger partial charge in [-0.2, -0.15) is 0 Å². The van der Waals surface area contributed by atoms with Crippen LogP contribution in [0.3, 0.4) is 0 Å². The fourth-order valence-corrected chi connectivity index (χ4v) is 0.916. The number of hydrogen-bond acceptors (Lipinski definition) is 4. The molecule has 0 fully saturated rings. The summed E-state index contributed by atoms with van der Waals surface area (Å²) >= 11 is 0. The normalized spacial score (nSPS) is 13.9. The molecule has 0 aliphatic heterocycles. The second kappa shape index (κ2) is 5.51. The van der Waals surface area contributed by atoms with Gasteiger partial charge in [-0.05, 0) is 6.42 Å². The Kier molecular flexibility index (Phi) is 7.42. The minimum atomic E-state index is -4.46. The Labute approximate surface area is 82.7 Å². The zero-order chi connectivity index (χ0) is 7.49. The van der Waals surface area contributed by atoms with Crippen LogP contribution >= 0.6 is 0 Å². The largest absolute Gasteiger partial charge is 1.00 e. The van der Waals surface area contributed by atoms with Crippen molar-refractivity contribution in [3.05, 3.63) is 0 Å². The number of rotatable bonds is 3. The van der Waals surface area contributed by atoms with Gasteiger partial charge in [-0.3, -0.25) is 0 Å². The molecule has 0 saturated heterocycles. The second-order valence-corrected chi connectivity index (χ2v) is 3.27. The van der Waals surface area contributed by atoms with Crippen molar-refractivity contribution in [2.45, 2.75) is 25.2 Å². The van der Waals surface area contributed by atoms with Gasteiger partial charge in [0.1, 0.15) is 15.6 Å². The molecule has 1 unspecified atom stereocenters. The molecule has 56 valence electrons. The van der Waals surface area contributed by atoms with E-state index in [0.29, 0.717) is 6.42 Å². The molecule has 4 nitrogen and oxygen atoms in total. The Hall–Kier alpha value is 0.870. The van der Waals surface area contributed by atoms with Crippen molar-refractivity contribution >= 4 is 10.1 Å². The molecule has 0 amide bonds. The van der Waals surface area contributed by atoms with Crippen molar-refractivity contribution < 1.29 is 47.6 Å². The van der Waals surface area contributed by atoms with Crippen molar-refractivity contribution in [2.24, 2.45) is 0 Å². The molecule has 0 heterocycles. The van der Waals surface area contributed by atoms with Crippen LogP contribution in [0.1, 0.15) is 19.8 Å². The fourth-order valence-electron chi connectivity index (χ4n) is 0.391. The van der Waals surface area contributed by atoms with Gasteiger partial charge in [-0.25, -0.2) is 8.42 Å². The Morgan fingerprint density at radius 1 is 1.60 bits per heavy atom. The van der Waals surface area contributed by atoms with Crippen molar-refractivity contribution in [1.29, 1.82) is 0 Å². The van der Waals surface area contributed by atoms with Crippen LogP contribution in [0.25, 0.3) is 0 Å². The van der Waals surface area contributed by atoms with Crippen molar-refractivity contribution in [3.63, 3.8) is 0 Å². The standard InChI is InChI=1S/C4H10O4S.Na/c1-2-3-4(5)9(6,7)8;/h4-5H,2-3H2,1H3,(H,6,7,8);/q;+1/p-1. The third-order valence-electron chi connectivity index (χ3n) is 0.869. The van der Waals surface area contributed by atoms with E-state index in [2.05, 4.69) is 0 Å². The molecule has 0 aromatic heterocycles. The summed E-state index contributed by atoms with van der Waals surface area (Å²) in [6, 6.07) is 0. The molecule has 0 aromatic rings. The first-order valence-corrected chi connectivity index (χ1v) is 4.08. The molecule has 0 spiro atoms.